The van der Waals surface area contributed by atoms with Gasteiger partial charge in [0, 0.05) is 7.11 Å². The zero-order chi connectivity index (χ0) is 13.1. The molecule has 0 aliphatic rings. The molecule has 2 nitrogen and oxygen atoms in total. The molecule has 17 heavy (non-hydrogen) atoms. The van der Waals surface area contributed by atoms with Crippen molar-refractivity contribution in [1.29, 1.82) is 0 Å². The number of benzene rings is 1. The van der Waals surface area contributed by atoms with Gasteiger partial charge in [0.2, 0.25) is 0 Å². The van der Waals surface area contributed by atoms with E-state index in [1.165, 1.54) is 6.07 Å². The van der Waals surface area contributed by atoms with Crippen molar-refractivity contribution in [1.82, 2.24) is 5.32 Å². The van der Waals surface area contributed by atoms with E-state index in [0.717, 1.165) is 17.5 Å². The van der Waals surface area contributed by atoms with Crippen molar-refractivity contribution in [3.63, 3.8) is 0 Å². The SMILES string of the molecule is CCC(C)(OC)C(NC)c1ccc(F)cc1C. The molecule has 1 aromatic rings. The Morgan fingerprint density at radius 1 is 1.47 bits per heavy atom. The van der Waals surface area contributed by atoms with E-state index in [-0.39, 0.29) is 17.5 Å². The molecule has 2 unspecified atom stereocenters. The van der Waals surface area contributed by atoms with Gasteiger partial charge in [-0.1, -0.05) is 13.0 Å². The second-order valence-electron chi connectivity index (χ2n) is 4.59. The minimum Gasteiger partial charge on any atom is -0.377 e. The van der Waals surface area contributed by atoms with Gasteiger partial charge in [0.05, 0.1) is 11.6 Å². The smallest absolute Gasteiger partial charge is 0.123 e. The van der Waals surface area contributed by atoms with Gasteiger partial charge in [-0.15, -0.1) is 0 Å². The fourth-order valence-electron chi connectivity index (χ4n) is 2.22. The molecule has 0 aromatic heterocycles. The number of ether oxygens (including phenoxy) is 1. The summed E-state index contributed by atoms with van der Waals surface area (Å²) in [5.41, 5.74) is 1.73. The first-order chi connectivity index (χ1) is 7.98. The Hall–Kier alpha value is -0.930. The minimum atomic E-state index is -0.294. The summed E-state index contributed by atoms with van der Waals surface area (Å²) in [7, 11) is 3.62. The van der Waals surface area contributed by atoms with Crippen molar-refractivity contribution >= 4 is 0 Å². The molecule has 0 fully saturated rings. The Labute approximate surface area is 103 Å². The van der Waals surface area contributed by atoms with Gasteiger partial charge in [0.15, 0.2) is 0 Å². The minimum absolute atomic E-state index is 0.0538. The monoisotopic (exact) mass is 239 g/mol. The van der Waals surface area contributed by atoms with Crippen LogP contribution in [0.5, 0.6) is 0 Å². The number of hydrogen-bond donors (Lipinski definition) is 1. The molecule has 0 amide bonds. The average Bonchev–Trinajstić information content (AvgIpc) is 2.32. The normalized spacial score (nSPS) is 16.6. The molecule has 0 saturated carbocycles. The van der Waals surface area contributed by atoms with Gasteiger partial charge in [0.25, 0.3) is 0 Å². The van der Waals surface area contributed by atoms with Gasteiger partial charge in [-0.3, -0.25) is 0 Å². The highest BCUT2D eigenvalue weighted by Crippen LogP contribution is 2.33. The maximum Gasteiger partial charge on any atom is 0.123 e. The lowest BCUT2D eigenvalue weighted by Gasteiger charge is -2.36. The van der Waals surface area contributed by atoms with Crippen LogP contribution in [0.25, 0.3) is 0 Å². The van der Waals surface area contributed by atoms with Crippen LogP contribution < -0.4 is 5.32 Å². The van der Waals surface area contributed by atoms with Crippen molar-refractivity contribution < 1.29 is 9.13 Å². The summed E-state index contributed by atoms with van der Waals surface area (Å²) in [5.74, 6) is -0.197. The number of rotatable bonds is 5. The van der Waals surface area contributed by atoms with Crippen molar-refractivity contribution in [2.45, 2.75) is 38.8 Å². The van der Waals surface area contributed by atoms with E-state index in [1.54, 1.807) is 13.2 Å². The summed E-state index contributed by atoms with van der Waals surface area (Å²) in [5, 5.41) is 3.27. The third kappa shape index (κ3) is 2.85. The van der Waals surface area contributed by atoms with Crippen LogP contribution in [0.4, 0.5) is 4.39 Å². The van der Waals surface area contributed by atoms with Gasteiger partial charge < -0.3 is 10.1 Å². The first-order valence-electron chi connectivity index (χ1n) is 5.97. The highest BCUT2D eigenvalue weighted by Gasteiger charge is 2.33. The zero-order valence-electron chi connectivity index (χ0n) is 11.3. The van der Waals surface area contributed by atoms with Crippen LogP contribution in [0, 0.1) is 12.7 Å². The second kappa shape index (κ2) is 5.61. The topological polar surface area (TPSA) is 21.3 Å². The number of halogens is 1. The molecule has 0 spiro atoms. The fourth-order valence-corrected chi connectivity index (χ4v) is 2.22. The molecule has 0 aliphatic carbocycles. The molecule has 1 aromatic carbocycles. The van der Waals surface area contributed by atoms with Crippen LogP contribution in [-0.4, -0.2) is 19.8 Å². The molecule has 0 saturated heterocycles. The summed E-state index contributed by atoms with van der Waals surface area (Å²) in [6.45, 7) is 6.08. The third-order valence-electron chi connectivity index (χ3n) is 3.61. The average molecular weight is 239 g/mol. The van der Waals surface area contributed by atoms with E-state index >= 15 is 0 Å². The third-order valence-corrected chi connectivity index (χ3v) is 3.61. The van der Waals surface area contributed by atoms with Gasteiger partial charge in [-0.05, 0) is 50.6 Å². The summed E-state index contributed by atoms with van der Waals surface area (Å²) in [6, 6.07) is 4.95. The van der Waals surface area contributed by atoms with Crippen molar-refractivity contribution in [2.24, 2.45) is 0 Å². The maximum absolute atomic E-state index is 13.1. The zero-order valence-corrected chi connectivity index (χ0v) is 11.3. The summed E-state index contributed by atoms with van der Waals surface area (Å²) in [4.78, 5) is 0. The van der Waals surface area contributed by atoms with Crippen molar-refractivity contribution in [2.75, 3.05) is 14.2 Å². The summed E-state index contributed by atoms with van der Waals surface area (Å²) < 4.78 is 18.7. The first-order valence-corrected chi connectivity index (χ1v) is 5.97. The standard InChI is InChI=1S/C14H22FNO/c1-6-14(3,17-5)13(16-4)12-8-7-11(15)9-10(12)2/h7-9,13,16H,6H2,1-5H3. The number of hydrogen-bond acceptors (Lipinski definition) is 2. The quantitative estimate of drug-likeness (QED) is 0.852. The van der Waals surface area contributed by atoms with Gasteiger partial charge in [-0.25, -0.2) is 4.39 Å². The Balaban J connectivity index is 3.17. The van der Waals surface area contributed by atoms with Gasteiger partial charge in [-0.2, -0.15) is 0 Å². The molecular formula is C14H22FNO. The second-order valence-corrected chi connectivity index (χ2v) is 4.59. The van der Waals surface area contributed by atoms with E-state index < -0.39 is 0 Å². The Morgan fingerprint density at radius 3 is 2.53 bits per heavy atom. The largest absolute Gasteiger partial charge is 0.377 e. The van der Waals surface area contributed by atoms with E-state index in [0.29, 0.717) is 0 Å². The van der Waals surface area contributed by atoms with Crippen LogP contribution in [0.3, 0.4) is 0 Å². The van der Waals surface area contributed by atoms with Crippen LogP contribution in [0.2, 0.25) is 0 Å². The lowest BCUT2D eigenvalue weighted by molar-refractivity contribution is -0.0282. The molecule has 1 rings (SSSR count). The summed E-state index contributed by atoms with van der Waals surface area (Å²) in [6.07, 6.45) is 0.881. The Kier molecular flexibility index (Phi) is 4.66. The highest BCUT2D eigenvalue weighted by molar-refractivity contribution is 5.31. The molecular weight excluding hydrogens is 217 g/mol. The predicted molar refractivity (Wildman–Crippen MR) is 68.6 cm³/mol. The van der Waals surface area contributed by atoms with Gasteiger partial charge in [0.1, 0.15) is 5.82 Å². The number of nitrogens with one attached hydrogen (secondary N) is 1. The van der Waals surface area contributed by atoms with Crippen molar-refractivity contribution in [3.05, 3.63) is 35.1 Å². The van der Waals surface area contributed by atoms with Crippen molar-refractivity contribution in [3.8, 4) is 0 Å². The lowest BCUT2D eigenvalue weighted by atomic mass is 9.86. The fraction of sp³-hybridized carbons (Fsp3) is 0.571. The molecule has 0 bridgehead atoms. The maximum atomic E-state index is 13.1. The van der Waals surface area contributed by atoms with Crippen LogP contribution in [-0.2, 0) is 4.74 Å². The van der Waals surface area contributed by atoms with E-state index in [4.69, 9.17) is 4.74 Å². The number of methoxy groups -OCH3 is 1. The molecule has 1 N–H and O–H groups in total. The Morgan fingerprint density at radius 2 is 2.12 bits per heavy atom. The van der Waals surface area contributed by atoms with Crippen LogP contribution >= 0.6 is 0 Å². The highest BCUT2D eigenvalue weighted by atomic mass is 19.1. The van der Waals surface area contributed by atoms with E-state index in [1.807, 2.05) is 20.0 Å². The van der Waals surface area contributed by atoms with Gasteiger partial charge >= 0.3 is 0 Å². The predicted octanol–water partition coefficient (Wildman–Crippen LogP) is 3.21. The molecule has 96 valence electrons. The van der Waals surface area contributed by atoms with E-state index in [9.17, 15) is 4.39 Å². The first kappa shape index (κ1) is 14.1. The van der Waals surface area contributed by atoms with Crippen LogP contribution in [0.15, 0.2) is 18.2 Å². The number of aryl methyl sites for hydroxylation is 1. The van der Waals surface area contributed by atoms with E-state index in [2.05, 4.69) is 19.2 Å². The summed E-state index contributed by atoms with van der Waals surface area (Å²) >= 11 is 0. The molecule has 0 aliphatic heterocycles. The molecule has 0 radical (unpaired) electrons. The van der Waals surface area contributed by atoms with Crippen LogP contribution in [0.1, 0.15) is 37.4 Å². The number of likely N-dealkylation sites (N-methyl/N-ethyl adjacent to an activating group) is 1. The Bertz CT molecular complexity index is 374. The lowest BCUT2D eigenvalue weighted by Crippen LogP contribution is -2.41. The molecule has 3 heteroatoms. The molecule has 2 atom stereocenters. The molecule has 0 heterocycles.